The predicted molar refractivity (Wildman–Crippen MR) is 97.6 cm³/mol. The third-order valence-corrected chi connectivity index (χ3v) is 4.32. The molecule has 0 bridgehead atoms. The second-order valence-corrected chi connectivity index (χ2v) is 6.81. The van der Waals surface area contributed by atoms with E-state index in [1.807, 2.05) is 0 Å². The average Bonchev–Trinajstić information content (AvgIpc) is 2.50. The quantitative estimate of drug-likeness (QED) is 0.369. The molecule has 0 aliphatic heterocycles. The Morgan fingerprint density at radius 2 is 1.68 bits per heavy atom. The lowest BCUT2D eigenvalue weighted by Crippen LogP contribution is -2.44. The molecule has 4 nitrogen and oxygen atoms in total. The molecule has 1 aliphatic rings. The highest BCUT2D eigenvalue weighted by Gasteiger charge is 2.14. The number of hydrogen-bond donors (Lipinski definition) is 2. The van der Waals surface area contributed by atoms with E-state index < -0.39 is 0 Å². The number of guanidine groups is 1. The van der Waals surface area contributed by atoms with Crippen molar-refractivity contribution < 1.29 is 0 Å². The molecule has 1 saturated carbocycles. The molecule has 0 amide bonds. The van der Waals surface area contributed by atoms with E-state index in [1.54, 1.807) is 0 Å². The lowest BCUT2D eigenvalue weighted by atomic mass is 9.96. The van der Waals surface area contributed by atoms with Gasteiger partial charge in [0.05, 0.1) is 0 Å². The zero-order valence-corrected chi connectivity index (χ0v) is 15.2. The first-order valence-corrected chi connectivity index (χ1v) is 9.42. The molecular weight excluding hydrogens is 272 g/mol. The summed E-state index contributed by atoms with van der Waals surface area (Å²) in [5.41, 5.74) is 0. The van der Waals surface area contributed by atoms with Crippen molar-refractivity contribution in [3.05, 3.63) is 0 Å². The van der Waals surface area contributed by atoms with Crippen LogP contribution in [0.15, 0.2) is 4.99 Å². The third kappa shape index (κ3) is 10.0. The maximum atomic E-state index is 4.74. The zero-order valence-electron chi connectivity index (χ0n) is 15.2. The van der Waals surface area contributed by atoms with Gasteiger partial charge in [-0.1, -0.05) is 38.5 Å². The predicted octanol–water partition coefficient (Wildman–Crippen LogP) is 3.39. The van der Waals surface area contributed by atoms with Gasteiger partial charge in [0, 0.05) is 19.1 Å². The van der Waals surface area contributed by atoms with Crippen molar-refractivity contribution in [1.29, 1.82) is 0 Å². The Hall–Kier alpha value is -0.770. The Balaban J connectivity index is 2.10. The molecule has 0 aromatic carbocycles. The van der Waals surface area contributed by atoms with Crippen molar-refractivity contribution in [2.24, 2.45) is 4.99 Å². The third-order valence-electron chi connectivity index (χ3n) is 4.32. The molecule has 0 unspecified atom stereocenters. The average molecular weight is 311 g/mol. The van der Waals surface area contributed by atoms with Crippen molar-refractivity contribution in [3.8, 4) is 0 Å². The molecular formula is C18H38N4. The number of unbranched alkanes of at least 4 members (excludes halogenated alkanes) is 4. The van der Waals surface area contributed by atoms with Crippen LogP contribution >= 0.6 is 0 Å². The Labute approximate surface area is 138 Å². The van der Waals surface area contributed by atoms with Crippen LogP contribution in [-0.2, 0) is 0 Å². The van der Waals surface area contributed by atoms with Crippen LogP contribution in [0.2, 0.25) is 0 Å². The maximum absolute atomic E-state index is 4.74. The SMILES string of the molecule is CCNC(=NCCCCCCCN(C)C)NC1CCCCC1. The van der Waals surface area contributed by atoms with Gasteiger partial charge in [0.1, 0.15) is 0 Å². The highest BCUT2D eigenvalue weighted by molar-refractivity contribution is 5.80. The van der Waals surface area contributed by atoms with Crippen molar-refractivity contribution in [1.82, 2.24) is 15.5 Å². The van der Waals surface area contributed by atoms with Crippen LogP contribution in [0.25, 0.3) is 0 Å². The van der Waals surface area contributed by atoms with Crippen LogP contribution in [0.4, 0.5) is 0 Å². The fourth-order valence-corrected chi connectivity index (χ4v) is 3.02. The number of hydrogen-bond acceptors (Lipinski definition) is 2. The van der Waals surface area contributed by atoms with E-state index in [0.29, 0.717) is 6.04 Å². The fourth-order valence-electron chi connectivity index (χ4n) is 3.02. The van der Waals surface area contributed by atoms with Gasteiger partial charge in [-0.15, -0.1) is 0 Å². The Morgan fingerprint density at radius 3 is 2.36 bits per heavy atom. The first-order valence-electron chi connectivity index (χ1n) is 9.42. The Morgan fingerprint density at radius 1 is 1.00 bits per heavy atom. The summed E-state index contributed by atoms with van der Waals surface area (Å²) < 4.78 is 0. The second kappa shape index (κ2) is 12.7. The molecule has 22 heavy (non-hydrogen) atoms. The first kappa shape index (κ1) is 19.3. The van der Waals surface area contributed by atoms with E-state index in [0.717, 1.165) is 19.0 Å². The number of rotatable bonds is 10. The van der Waals surface area contributed by atoms with Crippen LogP contribution in [-0.4, -0.2) is 50.6 Å². The van der Waals surface area contributed by atoms with Crippen LogP contribution in [0.3, 0.4) is 0 Å². The maximum Gasteiger partial charge on any atom is 0.191 e. The van der Waals surface area contributed by atoms with Gasteiger partial charge in [-0.2, -0.15) is 0 Å². The van der Waals surface area contributed by atoms with Gasteiger partial charge in [-0.3, -0.25) is 4.99 Å². The molecule has 4 heteroatoms. The smallest absolute Gasteiger partial charge is 0.191 e. The van der Waals surface area contributed by atoms with E-state index in [4.69, 9.17) is 4.99 Å². The van der Waals surface area contributed by atoms with E-state index in [-0.39, 0.29) is 0 Å². The molecule has 0 radical (unpaired) electrons. The fraction of sp³-hybridized carbons (Fsp3) is 0.944. The molecule has 0 heterocycles. The number of nitrogens with one attached hydrogen (secondary N) is 2. The highest BCUT2D eigenvalue weighted by atomic mass is 15.2. The van der Waals surface area contributed by atoms with Gasteiger partial charge < -0.3 is 15.5 Å². The van der Waals surface area contributed by atoms with Crippen LogP contribution in [0.5, 0.6) is 0 Å². The largest absolute Gasteiger partial charge is 0.357 e. The molecule has 2 N–H and O–H groups in total. The summed E-state index contributed by atoms with van der Waals surface area (Å²) in [5, 5.41) is 7.00. The number of nitrogens with zero attached hydrogens (tertiary/aromatic N) is 2. The summed E-state index contributed by atoms with van der Waals surface area (Å²) in [6.07, 6.45) is 13.3. The van der Waals surface area contributed by atoms with Crippen LogP contribution < -0.4 is 10.6 Å². The van der Waals surface area contributed by atoms with Gasteiger partial charge in [-0.25, -0.2) is 0 Å². The molecule has 0 aromatic rings. The summed E-state index contributed by atoms with van der Waals surface area (Å²) in [7, 11) is 4.30. The minimum Gasteiger partial charge on any atom is -0.357 e. The lowest BCUT2D eigenvalue weighted by molar-refractivity contribution is 0.390. The van der Waals surface area contributed by atoms with Gasteiger partial charge >= 0.3 is 0 Å². The molecule has 130 valence electrons. The summed E-state index contributed by atoms with van der Waals surface area (Å²) in [6, 6.07) is 0.637. The highest BCUT2D eigenvalue weighted by Crippen LogP contribution is 2.17. The first-order chi connectivity index (χ1) is 10.7. The Bertz CT molecular complexity index is 283. The minimum atomic E-state index is 0.637. The summed E-state index contributed by atoms with van der Waals surface area (Å²) in [6.45, 7) is 5.26. The molecule has 1 fully saturated rings. The molecule has 0 atom stereocenters. The van der Waals surface area contributed by atoms with Crippen molar-refractivity contribution in [3.63, 3.8) is 0 Å². The zero-order chi connectivity index (χ0) is 16.0. The van der Waals surface area contributed by atoms with E-state index >= 15 is 0 Å². The molecule has 0 aromatic heterocycles. The molecule has 0 saturated heterocycles. The second-order valence-electron chi connectivity index (χ2n) is 6.81. The van der Waals surface area contributed by atoms with E-state index in [9.17, 15) is 0 Å². The monoisotopic (exact) mass is 310 g/mol. The standard InChI is InChI=1S/C18H38N4/c1-4-19-18(21-17-13-9-8-10-14-17)20-15-11-6-5-7-12-16-22(2)3/h17H,4-16H2,1-3H3,(H2,19,20,21). The van der Waals surface area contributed by atoms with Crippen LogP contribution in [0.1, 0.15) is 71.1 Å². The van der Waals surface area contributed by atoms with E-state index in [2.05, 4.69) is 36.6 Å². The number of aliphatic imine (C=N–C) groups is 1. The molecule has 1 rings (SSSR count). The van der Waals surface area contributed by atoms with Gasteiger partial charge in [0.2, 0.25) is 0 Å². The molecule has 0 spiro atoms. The topological polar surface area (TPSA) is 39.7 Å². The summed E-state index contributed by atoms with van der Waals surface area (Å²) >= 11 is 0. The normalized spacial score (nSPS) is 17.0. The van der Waals surface area contributed by atoms with Gasteiger partial charge in [0.15, 0.2) is 5.96 Å². The summed E-state index contributed by atoms with van der Waals surface area (Å²) in [4.78, 5) is 7.01. The minimum absolute atomic E-state index is 0.637. The van der Waals surface area contributed by atoms with Crippen LogP contribution in [0, 0.1) is 0 Å². The van der Waals surface area contributed by atoms with Crippen molar-refractivity contribution in [2.45, 2.75) is 77.2 Å². The van der Waals surface area contributed by atoms with Gasteiger partial charge in [0.25, 0.3) is 0 Å². The summed E-state index contributed by atoms with van der Waals surface area (Å²) in [5.74, 6) is 1.03. The Kier molecular flexibility index (Phi) is 11.2. The molecule has 1 aliphatic carbocycles. The van der Waals surface area contributed by atoms with Crippen molar-refractivity contribution >= 4 is 5.96 Å². The van der Waals surface area contributed by atoms with Gasteiger partial charge in [-0.05, 0) is 53.2 Å². The van der Waals surface area contributed by atoms with E-state index in [1.165, 1.54) is 70.8 Å². The van der Waals surface area contributed by atoms with Crippen molar-refractivity contribution in [2.75, 3.05) is 33.7 Å². The lowest BCUT2D eigenvalue weighted by Gasteiger charge is -2.24.